The highest BCUT2D eigenvalue weighted by atomic mass is 28.5. The molecule has 0 aliphatic carbocycles. The molecular formula is C19H38O12Si4. The smallest absolute Gasteiger partial charge is 0.355 e. The van der Waals surface area contributed by atoms with E-state index in [0.717, 1.165) is 0 Å². The Bertz CT molecular complexity index is 635. The standard InChI is InChI=1S/C11H30O12Si4.C8H8/c1-11-24(21-25(12-2,13-3)14-4,22-26(15-5,16-6)17-7)23-27(18-8,19-9)20-10;1-2-8-6-4-3-5-7-8/h11H,1H2,2-10H3;2-7H,1H2. The Balaban J connectivity index is 0.00000121. The zero-order valence-electron chi connectivity index (χ0n) is 21.9. The maximum absolute atomic E-state index is 5.98. The van der Waals surface area contributed by atoms with Crippen molar-refractivity contribution in [1.29, 1.82) is 0 Å². The van der Waals surface area contributed by atoms with Crippen molar-refractivity contribution in [1.82, 2.24) is 0 Å². The molecule has 12 nitrogen and oxygen atoms in total. The minimum atomic E-state index is -4.04. The molecule has 0 bridgehead atoms. The van der Waals surface area contributed by atoms with Crippen LogP contribution < -0.4 is 0 Å². The molecule has 16 heteroatoms. The minimum Gasteiger partial charge on any atom is -0.355 e. The van der Waals surface area contributed by atoms with Gasteiger partial charge < -0.3 is 52.2 Å². The highest BCUT2D eigenvalue weighted by molar-refractivity contribution is 6.85. The van der Waals surface area contributed by atoms with Gasteiger partial charge in [-0.2, -0.15) is 0 Å². The number of rotatable bonds is 17. The Morgan fingerprint density at radius 3 is 0.971 bits per heavy atom. The van der Waals surface area contributed by atoms with E-state index in [1.165, 1.54) is 75.3 Å². The van der Waals surface area contributed by atoms with Crippen molar-refractivity contribution in [2.24, 2.45) is 0 Å². The van der Waals surface area contributed by atoms with Gasteiger partial charge >= 0.3 is 35.9 Å². The molecule has 0 radical (unpaired) electrons. The summed E-state index contributed by atoms with van der Waals surface area (Å²) >= 11 is 0. The molecule has 0 aliphatic rings. The van der Waals surface area contributed by atoms with Gasteiger partial charge in [0.2, 0.25) is 0 Å². The first-order chi connectivity index (χ1) is 16.7. The second-order valence-corrected chi connectivity index (χ2v) is 16.8. The van der Waals surface area contributed by atoms with Crippen molar-refractivity contribution in [3.8, 4) is 0 Å². The number of benzene rings is 1. The molecule has 0 heterocycles. The molecule has 1 aromatic carbocycles. The van der Waals surface area contributed by atoms with Crippen LogP contribution in [0.2, 0.25) is 0 Å². The third-order valence-electron chi connectivity index (χ3n) is 4.34. The maximum Gasteiger partial charge on any atom is 0.671 e. The third kappa shape index (κ3) is 9.81. The van der Waals surface area contributed by atoms with Gasteiger partial charge in [-0.3, -0.25) is 0 Å². The lowest BCUT2D eigenvalue weighted by Crippen LogP contribution is -2.68. The normalized spacial score (nSPS) is 12.6. The summed E-state index contributed by atoms with van der Waals surface area (Å²) in [4.78, 5) is 0. The van der Waals surface area contributed by atoms with E-state index < -0.39 is 35.9 Å². The van der Waals surface area contributed by atoms with E-state index in [2.05, 4.69) is 13.2 Å². The van der Waals surface area contributed by atoms with Crippen LogP contribution in [0.5, 0.6) is 0 Å². The predicted octanol–water partition coefficient (Wildman–Crippen LogP) is 2.15. The second-order valence-electron chi connectivity index (χ2n) is 6.07. The van der Waals surface area contributed by atoms with Crippen molar-refractivity contribution in [2.45, 2.75) is 0 Å². The quantitative estimate of drug-likeness (QED) is 0.256. The summed E-state index contributed by atoms with van der Waals surface area (Å²) in [5.41, 5.74) is 2.45. The number of hydrogen-bond acceptors (Lipinski definition) is 12. The first kappa shape index (κ1) is 34.1. The van der Waals surface area contributed by atoms with E-state index in [1.807, 2.05) is 36.4 Å². The van der Waals surface area contributed by atoms with Crippen LogP contribution in [0.1, 0.15) is 5.56 Å². The average molecular weight is 571 g/mol. The lowest BCUT2D eigenvalue weighted by molar-refractivity contribution is -0.0212. The van der Waals surface area contributed by atoms with Gasteiger partial charge in [-0.15, -0.1) is 6.58 Å². The van der Waals surface area contributed by atoms with Crippen LogP contribution in [0.4, 0.5) is 0 Å². The van der Waals surface area contributed by atoms with Gasteiger partial charge in [-0.25, -0.2) is 0 Å². The SMILES string of the molecule is C=C[Si](O[Si](OC)(OC)OC)(O[Si](OC)(OC)OC)O[Si](OC)(OC)OC.C=Cc1ccccc1. The molecular weight excluding hydrogens is 533 g/mol. The molecule has 1 aromatic rings. The van der Waals surface area contributed by atoms with E-state index in [9.17, 15) is 0 Å². The molecule has 202 valence electrons. The molecule has 0 atom stereocenters. The maximum atomic E-state index is 5.98. The molecule has 0 aromatic heterocycles. The van der Waals surface area contributed by atoms with Gasteiger partial charge in [-0.05, 0) is 11.3 Å². The first-order valence-electron chi connectivity index (χ1n) is 10.0. The van der Waals surface area contributed by atoms with Crippen LogP contribution in [-0.4, -0.2) is 99.9 Å². The Hall–Kier alpha value is -0.912. The van der Waals surface area contributed by atoms with Crippen molar-refractivity contribution in [3.05, 3.63) is 54.8 Å². The number of hydrogen-bond donors (Lipinski definition) is 0. The Kier molecular flexibility index (Phi) is 16.3. The van der Waals surface area contributed by atoms with Crippen LogP contribution in [0, 0.1) is 0 Å². The molecule has 0 fully saturated rings. The molecule has 0 saturated carbocycles. The largest absolute Gasteiger partial charge is 0.671 e. The predicted molar refractivity (Wildman–Crippen MR) is 136 cm³/mol. The fourth-order valence-electron chi connectivity index (χ4n) is 2.42. The summed E-state index contributed by atoms with van der Waals surface area (Å²) in [6, 6.07) is 10.0. The van der Waals surface area contributed by atoms with E-state index in [1.54, 1.807) is 0 Å². The van der Waals surface area contributed by atoms with Crippen molar-refractivity contribution in [2.75, 3.05) is 64.0 Å². The average Bonchev–Trinajstić information content (AvgIpc) is 2.94. The molecule has 0 amide bonds. The van der Waals surface area contributed by atoms with Crippen LogP contribution >= 0.6 is 0 Å². The topological polar surface area (TPSA) is 111 Å². The highest BCUT2D eigenvalue weighted by Crippen LogP contribution is 2.28. The summed E-state index contributed by atoms with van der Waals surface area (Å²) in [6.45, 7) is 7.38. The molecule has 0 aliphatic heterocycles. The van der Waals surface area contributed by atoms with Crippen molar-refractivity contribution < 1.29 is 52.2 Å². The Morgan fingerprint density at radius 2 is 0.800 bits per heavy atom. The summed E-state index contributed by atoms with van der Waals surface area (Å²) in [5.74, 6) is 0. The summed E-state index contributed by atoms with van der Waals surface area (Å²) in [7, 11) is -2.99. The summed E-state index contributed by atoms with van der Waals surface area (Å²) in [6.07, 6.45) is 1.83. The summed E-state index contributed by atoms with van der Waals surface area (Å²) < 4.78 is 65.7. The van der Waals surface area contributed by atoms with Crippen LogP contribution in [0.3, 0.4) is 0 Å². The lowest BCUT2D eigenvalue weighted by atomic mass is 10.2. The van der Waals surface area contributed by atoms with E-state index in [4.69, 9.17) is 52.2 Å². The molecule has 0 saturated heterocycles. The van der Waals surface area contributed by atoms with E-state index in [-0.39, 0.29) is 0 Å². The lowest BCUT2D eigenvalue weighted by Gasteiger charge is -2.39. The molecule has 35 heavy (non-hydrogen) atoms. The Labute approximate surface area is 213 Å². The molecule has 0 spiro atoms. The zero-order chi connectivity index (χ0) is 27.0. The van der Waals surface area contributed by atoms with Crippen molar-refractivity contribution in [3.63, 3.8) is 0 Å². The van der Waals surface area contributed by atoms with Gasteiger partial charge in [0, 0.05) is 64.0 Å². The van der Waals surface area contributed by atoms with Gasteiger partial charge in [-0.1, -0.05) is 43.0 Å². The molecule has 0 N–H and O–H groups in total. The van der Waals surface area contributed by atoms with Gasteiger partial charge in [0.05, 0.1) is 0 Å². The van der Waals surface area contributed by atoms with Gasteiger partial charge in [0.1, 0.15) is 0 Å². The third-order valence-corrected chi connectivity index (χ3v) is 15.8. The fraction of sp³-hybridized carbons (Fsp3) is 0.474. The van der Waals surface area contributed by atoms with Crippen LogP contribution in [0.25, 0.3) is 6.08 Å². The van der Waals surface area contributed by atoms with Gasteiger partial charge in [0.25, 0.3) is 0 Å². The molecule has 0 unspecified atom stereocenters. The van der Waals surface area contributed by atoms with E-state index >= 15 is 0 Å². The highest BCUT2D eigenvalue weighted by Gasteiger charge is 2.65. The fourth-order valence-corrected chi connectivity index (χ4v) is 13.7. The second kappa shape index (κ2) is 16.8. The zero-order valence-corrected chi connectivity index (χ0v) is 25.9. The monoisotopic (exact) mass is 570 g/mol. The molecule has 1 rings (SSSR count). The van der Waals surface area contributed by atoms with E-state index in [0.29, 0.717) is 0 Å². The van der Waals surface area contributed by atoms with Crippen molar-refractivity contribution >= 4 is 42.0 Å². The summed E-state index contributed by atoms with van der Waals surface area (Å²) in [5, 5.41) is 0. The first-order valence-corrected chi connectivity index (χ1v) is 16.7. The van der Waals surface area contributed by atoms with Crippen LogP contribution in [-0.2, 0) is 52.2 Å². The van der Waals surface area contributed by atoms with Crippen LogP contribution in [0.15, 0.2) is 49.2 Å². The minimum absolute atomic E-state index is 1.17. The Morgan fingerprint density at radius 1 is 0.514 bits per heavy atom. The van der Waals surface area contributed by atoms with Gasteiger partial charge in [0.15, 0.2) is 0 Å².